The number of hydrogen-bond donors (Lipinski definition) is 1. The van der Waals surface area contributed by atoms with Gasteiger partial charge >= 0.3 is 6.03 Å². The van der Waals surface area contributed by atoms with Crippen molar-refractivity contribution in [3.63, 3.8) is 0 Å². The van der Waals surface area contributed by atoms with Crippen molar-refractivity contribution in [1.29, 1.82) is 0 Å². The minimum absolute atomic E-state index is 0.137. The van der Waals surface area contributed by atoms with Crippen molar-refractivity contribution in [2.24, 2.45) is 0 Å². The Balaban J connectivity index is 1.61. The van der Waals surface area contributed by atoms with Crippen LogP contribution in [0, 0.1) is 0 Å². The molecular formula is C24H21Cl4N3O2. The second-order valence-electron chi connectivity index (χ2n) is 7.58. The Labute approximate surface area is 212 Å². The van der Waals surface area contributed by atoms with Crippen LogP contribution in [0.15, 0.2) is 60.7 Å². The highest BCUT2D eigenvalue weighted by atomic mass is 35.5. The molecule has 4 rings (SSSR count). The molecule has 0 aliphatic carbocycles. The van der Waals surface area contributed by atoms with E-state index in [1.54, 1.807) is 36.3 Å². The summed E-state index contributed by atoms with van der Waals surface area (Å²) < 4.78 is 5.35. The fourth-order valence-electron chi connectivity index (χ4n) is 3.91. The number of halogens is 4. The highest BCUT2D eigenvalue weighted by molar-refractivity contribution is 6.36. The number of methoxy groups -OCH3 is 1. The van der Waals surface area contributed by atoms with E-state index in [1.165, 1.54) is 0 Å². The number of piperazine rings is 1. The molecule has 2 amide bonds. The molecule has 1 heterocycles. The van der Waals surface area contributed by atoms with Crippen LogP contribution in [0.25, 0.3) is 0 Å². The second-order valence-corrected chi connectivity index (χ2v) is 9.29. The van der Waals surface area contributed by atoms with Gasteiger partial charge in [-0.25, -0.2) is 4.79 Å². The van der Waals surface area contributed by atoms with Crippen molar-refractivity contribution in [3.8, 4) is 5.75 Å². The SMILES string of the molecule is COc1ccc(Cl)cc1NC(=O)N1CCN(c2ccc(Cl)cc2Cl)C(c2ccc(Cl)cc2)C1. The minimum atomic E-state index is -0.239. The number of benzene rings is 3. The quantitative estimate of drug-likeness (QED) is 0.386. The van der Waals surface area contributed by atoms with Crippen LogP contribution >= 0.6 is 46.4 Å². The van der Waals surface area contributed by atoms with Gasteiger partial charge in [0.05, 0.1) is 29.5 Å². The lowest BCUT2D eigenvalue weighted by molar-refractivity contribution is 0.198. The number of urea groups is 1. The largest absolute Gasteiger partial charge is 0.495 e. The van der Waals surface area contributed by atoms with E-state index in [-0.39, 0.29) is 12.1 Å². The lowest BCUT2D eigenvalue weighted by Gasteiger charge is -2.43. The molecule has 3 aromatic carbocycles. The first kappa shape index (κ1) is 23.8. The molecule has 0 spiro atoms. The third-order valence-corrected chi connectivity index (χ3v) is 6.57. The molecule has 33 heavy (non-hydrogen) atoms. The Morgan fingerprint density at radius 1 is 0.909 bits per heavy atom. The second kappa shape index (κ2) is 10.3. The summed E-state index contributed by atoms with van der Waals surface area (Å²) in [6.45, 7) is 1.52. The van der Waals surface area contributed by atoms with Crippen molar-refractivity contribution in [1.82, 2.24) is 4.90 Å². The van der Waals surface area contributed by atoms with Crippen LogP contribution in [0.3, 0.4) is 0 Å². The Morgan fingerprint density at radius 2 is 1.58 bits per heavy atom. The molecule has 1 saturated heterocycles. The number of amides is 2. The number of ether oxygens (including phenoxy) is 1. The van der Waals surface area contributed by atoms with Gasteiger partial charge in [-0.1, -0.05) is 58.5 Å². The fourth-order valence-corrected chi connectivity index (χ4v) is 4.73. The summed E-state index contributed by atoms with van der Waals surface area (Å²) in [5.41, 5.74) is 2.39. The molecule has 5 nitrogen and oxygen atoms in total. The number of hydrogen-bond acceptors (Lipinski definition) is 3. The molecular weight excluding hydrogens is 504 g/mol. The summed E-state index contributed by atoms with van der Waals surface area (Å²) in [6, 6.07) is 17.8. The summed E-state index contributed by atoms with van der Waals surface area (Å²) in [7, 11) is 1.55. The number of anilines is 2. The van der Waals surface area contributed by atoms with Crippen LogP contribution in [0.2, 0.25) is 20.1 Å². The van der Waals surface area contributed by atoms with E-state index < -0.39 is 0 Å². The third-order valence-electron chi connectivity index (χ3n) is 5.54. The van der Waals surface area contributed by atoms with Crippen molar-refractivity contribution in [3.05, 3.63) is 86.3 Å². The smallest absolute Gasteiger partial charge is 0.322 e. The summed E-state index contributed by atoms with van der Waals surface area (Å²) in [5, 5.41) is 5.20. The van der Waals surface area contributed by atoms with Gasteiger partial charge in [0.2, 0.25) is 0 Å². The maximum atomic E-state index is 13.2. The van der Waals surface area contributed by atoms with Gasteiger partial charge < -0.3 is 19.9 Å². The van der Waals surface area contributed by atoms with Crippen LogP contribution < -0.4 is 15.0 Å². The number of nitrogens with zero attached hydrogens (tertiary/aromatic N) is 2. The van der Waals surface area contributed by atoms with Gasteiger partial charge in [0.25, 0.3) is 0 Å². The van der Waals surface area contributed by atoms with Gasteiger partial charge in [-0.15, -0.1) is 0 Å². The molecule has 0 radical (unpaired) electrons. The molecule has 3 aromatic rings. The van der Waals surface area contributed by atoms with Gasteiger partial charge in [0.1, 0.15) is 5.75 Å². The Bertz CT molecular complexity index is 1160. The summed E-state index contributed by atoms with van der Waals surface area (Å²) in [5.74, 6) is 0.536. The molecule has 1 fully saturated rings. The third kappa shape index (κ3) is 5.44. The van der Waals surface area contributed by atoms with Crippen molar-refractivity contribution in [2.45, 2.75) is 6.04 Å². The molecule has 1 N–H and O–H groups in total. The van der Waals surface area contributed by atoms with E-state index in [0.717, 1.165) is 11.3 Å². The normalized spacial score (nSPS) is 16.0. The number of carbonyl (C=O) groups excluding carboxylic acids is 1. The van der Waals surface area contributed by atoms with Crippen molar-refractivity contribution < 1.29 is 9.53 Å². The zero-order valence-electron chi connectivity index (χ0n) is 17.7. The van der Waals surface area contributed by atoms with Crippen LogP contribution in [-0.2, 0) is 0 Å². The summed E-state index contributed by atoms with van der Waals surface area (Å²) >= 11 is 24.9. The standard InChI is InChI=1S/C24H21Cl4N3O2/c1-33-23-9-7-18(27)13-20(23)29-24(32)30-10-11-31(21-8-6-17(26)12-19(21)28)22(14-30)15-2-4-16(25)5-3-15/h2-9,12-13,22H,10-11,14H2,1H3,(H,29,32). The minimum Gasteiger partial charge on any atom is -0.495 e. The van der Waals surface area contributed by atoms with Crippen LogP contribution in [-0.4, -0.2) is 37.7 Å². The molecule has 1 aliphatic heterocycles. The van der Waals surface area contributed by atoms with Gasteiger partial charge in [0.15, 0.2) is 0 Å². The number of rotatable bonds is 4. The molecule has 1 aliphatic rings. The predicted molar refractivity (Wildman–Crippen MR) is 137 cm³/mol. The van der Waals surface area contributed by atoms with Crippen LogP contribution in [0.1, 0.15) is 11.6 Å². The Kier molecular flexibility index (Phi) is 7.45. The van der Waals surface area contributed by atoms with E-state index in [9.17, 15) is 4.79 Å². The monoisotopic (exact) mass is 523 g/mol. The first-order valence-corrected chi connectivity index (χ1v) is 11.7. The lowest BCUT2D eigenvalue weighted by Crippen LogP contribution is -2.51. The predicted octanol–water partition coefficient (Wildman–Crippen LogP) is 7.40. The van der Waals surface area contributed by atoms with Crippen LogP contribution in [0.4, 0.5) is 16.2 Å². The molecule has 1 atom stereocenters. The van der Waals surface area contributed by atoms with E-state index in [1.807, 2.05) is 36.4 Å². The van der Waals surface area contributed by atoms with Gasteiger partial charge in [-0.05, 0) is 54.1 Å². The fraction of sp³-hybridized carbons (Fsp3) is 0.208. The Hall–Kier alpha value is -2.31. The topological polar surface area (TPSA) is 44.8 Å². The number of nitrogens with one attached hydrogen (secondary N) is 1. The molecule has 172 valence electrons. The summed E-state index contributed by atoms with van der Waals surface area (Å²) in [6.07, 6.45) is 0. The summed E-state index contributed by atoms with van der Waals surface area (Å²) in [4.78, 5) is 17.1. The van der Waals surface area contributed by atoms with E-state index in [4.69, 9.17) is 51.1 Å². The van der Waals surface area contributed by atoms with Crippen molar-refractivity contribution in [2.75, 3.05) is 37.0 Å². The first-order chi connectivity index (χ1) is 15.9. The Morgan fingerprint density at radius 3 is 2.27 bits per heavy atom. The molecule has 0 saturated carbocycles. The maximum Gasteiger partial charge on any atom is 0.322 e. The number of carbonyl (C=O) groups is 1. The van der Waals surface area contributed by atoms with Gasteiger partial charge in [-0.3, -0.25) is 0 Å². The highest BCUT2D eigenvalue weighted by Gasteiger charge is 2.32. The molecule has 0 aromatic heterocycles. The average molecular weight is 525 g/mol. The first-order valence-electron chi connectivity index (χ1n) is 10.2. The van der Waals surface area contributed by atoms with Crippen LogP contribution in [0.5, 0.6) is 5.75 Å². The molecule has 9 heteroatoms. The maximum absolute atomic E-state index is 13.2. The molecule has 1 unspecified atom stereocenters. The average Bonchev–Trinajstić information content (AvgIpc) is 2.79. The highest BCUT2D eigenvalue weighted by Crippen LogP contribution is 2.37. The lowest BCUT2D eigenvalue weighted by atomic mass is 10.0. The van der Waals surface area contributed by atoms with Gasteiger partial charge in [-0.2, -0.15) is 0 Å². The molecule has 0 bridgehead atoms. The van der Waals surface area contributed by atoms with Crippen molar-refractivity contribution >= 4 is 63.8 Å². The van der Waals surface area contributed by atoms with Gasteiger partial charge in [0, 0.05) is 34.7 Å². The zero-order valence-corrected chi connectivity index (χ0v) is 20.7. The van der Waals surface area contributed by atoms with E-state index in [2.05, 4.69) is 10.2 Å². The van der Waals surface area contributed by atoms with E-state index in [0.29, 0.717) is 51.2 Å². The van der Waals surface area contributed by atoms with E-state index >= 15 is 0 Å². The zero-order chi connectivity index (χ0) is 23.5.